The van der Waals surface area contributed by atoms with E-state index in [0.29, 0.717) is 46.1 Å². The highest BCUT2D eigenvalue weighted by Crippen LogP contribution is 2.30. The minimum absolute atomic E-state index is 0.0744. The summed E-state index contributed by atoms with van der Waals surface area (Å²) in [7, 11) is 1.52. The Hall–Kier alpha value is -4.95. The van der Waals surface area contributed by atoms with Crippen LogP contribution in [0, 0.1) is 0 Å². The third kappa shape index (κ3) is 6.14. The van der Waals surface area contributed by atoms with Crippen molar-refractivity contribution in [1.82, 2.24) is 5.32 Å². The van der Waals surface area contributed by atoms with E-state index in [1.54, 1.807) is 54.6 Å². The maximum Gasteiger partial charge on any atom is 0.344 e. The van der Waals surface area contributed by atoms with Crippen molar-refractivity contribution in [3.8, 4) is 22.6 Å². The number of nitrogens with one attached hydrogen (secondary N) is 2. The second kappa shape index (κ2) is 11.6. The number of carbonyl (C=O) groups is 1. The van der Waals surface area contributed by atoms with E-state index in [1.807, 2.05) is 48.5 Å². The Morgan fingerprint density at radius 2 is 1.64 bits per heavy atom. The van der Waals surface area contributed by atoms with Gasteiger partial charge in [0.25, 0.3) is 5.91 Å². The van der Waals surface area contributed by atoms with Crippen LogP contribution < -0.4 is 25.7 Å². The molecule has 1 aromatic heterocycles. The molecule has 0 spiro atoms. The van der Waals surface area contributed by atoms with Gasteiger partial charge in [-0.1, -0.05) is 54.6 Å². The van der Waals surface area contributed by atoms with Crippen LogP contribution in [0.25, 0.3) is 22.1 Å². The number of amides is 1. The molecule has 0 radical (unpaired) electrons. The zero-order valence-electron chi connectivity index (χ0n) is 21.0. The van der Waals surface area contributed by atoms with E-state index in [0.717, 1.165) is 10.9 Å². The van der Waals surface area contributed by atoms with Crippen molar-refractivity contribution < 1.29 is 18.7 Å². The van der Waals surface area contributed by atoms with Crippen molar-refractivity contribution in [3.63, 3.8) is 0 Å². The van der Waals surface area contributed by atoms with Crippen LogP contribution in [-0.2, 0) is 6.61 Å². The predicted molar refractivity (Wildman–Crippen MR) is 155 cm³/mol. The molecule has 8 heteroatoms. The molecule has 0 unspecified atom stereocenters. The second-order valence-electron chi connectivity index (χ2n) is 8.61. The lowest BCUT2D eigenvalue weighted by molar-refractivity contribution is 0.0977. The Bertz CT molecular complexity index is 1700. The molecule has 0 fully saturated rings. The van der Waals surface area contributed by atoms with E-state index >= 15 is 0 Å². The van der Waals surface area contributed by atoms with Gasteiger partial charge < -0.3 is 19.2 Å². The van der Waals surface area contributed by atoms with Crippen molar-refractivity contribution in [2.24, 2.45) is 0 Å². The fourth-order valence-electron chi connectivity index (χ4n) is 4.01. The van der Waals surface area contributed by atoms with E-state index in [4.69, 9.17) is 26.1 Å². The van der Waals surface area contributed by atoms with Gasteiger partial charge in [-0.2, -0.15) is 0 Å². The molecule has 39 heavy (non-hydrogen) atoms. The first-order chi connectivity index (χ1) is 19.0. The number of benzene rings is 4. The molecule has 1 amide bonds. The molecule has 7 nitrogen and oxygen atoms in total. The van der Waals surface area contributed by atoms with Crippen molar-refractivity contribution in [1.29, 1.82) is 0 Å². The zero-order chi connectivity index (χ0) is 27.2. The maximum absolute atomic E-state index is 12.8. The van der Waals surface area contributed by atoms with Crippen LogP contribution in [0.4, 0.5) is 5.69 Å². The van der Waals surface area contributed by atoms with Crippen LogP contribution in [0.1, 0.15) is 15.9 Å². The fourth-order valence-corrected chi connectivity index (χ4v) is 4.21. The number of fused-ring (bicyclic) bond motifs is 1. The number of ether oxygens (including phenoxy) is 2. The van der Waals surface area contributed by atoms with Crippen molar-refractivity contribution in [2.45, 2.75) is 6.61 Å². The Morgan fingerprint density at radius 1 is 0.897 bits per heavy atom. The quantitative estimate of drug-likeness (QED) is 0.190. The smallest absolute Gasteiger partial charge is 0.344 e. The van der Waals surface area contributed by atoms with Crippen LogP contribution in [-0.4, -0.2) is 18.1 Å². The molecule has 0 saturated carbocycles. The summed E-state index contributed by atoms with van der Waals surface area (Å²) in [5.74, 6) is 0.753. The number of para-hydroxylation sites is 1. The lowest BCUT2D eigenvalue weighted by Crippen LogP contribution is -2.34. The molecule has 5 aromatic rings. The van der Waals surface area contributed by atoms with Crippen LogP contribution in [0.5, 0.6) is 11.5 Å². The SMILES string of the molecule is COc1ccc(-c2cc3ccccc3oc2=O)cc1NC(=S)NC(=O)c1ccc(OCc2ccccc2)cc1. The molecular weight excluding hydrogens is 512 g/mol. The van der Waals surface area contributed by atoms with Gasteiger partial charge in [-0.3, -0.25) is 10.1 Å². The summed E-state index contributed by atoms with van der Waals surface area (Å²) in [5, 5.41) is 6.55. The van der Waals surface area contributed by atoms with Crippen LogP contribution >= 0.6 is 12.2 Å². The van der Waals surface area contributed by atoms with Gasteiger partial charge in [0.1, 0.15) is 23.7 Å². The van der Waals surface area contributed by atoms with Crippen molar-refractivity contribution in [2.75, 3.05) is 12.4 Å². The van der Waals surface area contributed by atoms with Gasteiger partial charge >= 0.3 is 5.63 Å². The minimum Gasteiger partial charge on any atom is -0.495 e. The van der Waals surface area contributed by atoms with E-state index in [1.165, 1.54) is 7.11 Å². The number of methoxy groups -OCH3 is 1. The largest absolute Gasteiger partial charge is 0.495 e. The third-order valence-corrected chi connectivity index (χ3v) is 6.20. The van der Waals surface area contributed by atoms with E-state index in [-0.39, 0.29) is 11.0 Å². The van der Waals surface area contributed by atoms with Gasteiger partial charge in [0.05, 0.1) is 18.4 Å². The Kier molecular flexibility index (Phi) is 7.65. The predicted octanol–water partition coefficient (Wildman–Crippen LogP) is 6.17. The lowest BCUT2D eigenvalue weighted by atomic mass is 10.0. The first-order valence-corrected chi connectivity index (χ1v) is 12.5. The van der Waals surface area contributed by atoms with Gasteiger partial charge in [-0.15, -0.1) is 0 Å². The molecule has 0 atom stereocenters. The summed E-state index contributed by atoms with van der Waals surface area (Å²) in [5.41, 5.74) is 3.01. The molecule has 2 N–H and O–H groups in total. The monoisotopic (exact) mass is 536 g/mol. The van der Waals surface area contributed by atoms with E-state index in [9.17, 15) is 9.59 Å². The Morgan fingerprint density at radius 3 is 2.41 bits per heavy atom. The minimum atomic E-state index is -0.461. The normalized spacial score (nSPS) is 10.6. The number of rotatable bonds is 7. The third-order valence-electron chi connectivity index (χ3n) is 5.99. The lowest BCUT2D eigenvalue weighted by Gasteiger charge is -2.14. The number of hydrogen-bond acceptors (Lipinski definition) is 6. The summed E-state index contributed by atoms with van der Waals surface area (Å²) < 4.78 is 16.7. The number of thiocarbonyl (C=S) groups is 1. The zero-order valence-corrected chi connectivity index (χ0v) is 21.8. The molecule has 4 aromatic carbocycles. The summed E-state index contributed by atoms with van der Waals surface area (Å²) in [4.78, 5) is 25.4. The van der Waals surface area contributed by atoms with Crippen LogP contribution in [0.2, 0.25) is 0 Å². The Labute approximate surface area is 230 Å². The molecule has 0 saturated heterocycles. The molecule has 0 aliphatic heterocycles. The van der Waals surface area contributed by atoms with E-state index in [2.05, 4.69) is 10.6 Å². The van der Waals surface area contributed by atoms with E-state index < -0.39 is 5.63 Å². The standard InChI is InChI=1S/C31H24N2O5S/c1-36-28-16-13-22(25-17-23-9-5-6-10-27(23)38-30(25)35)18-26(28)32-31(39)33-29(34)21-11-14-24(15-12-21)37-19-20-7-3-2-4-8-20/h2-18H,19H2,1H3,(H2,32,33,34,39). The summed E-state index contributed by atoms with van der Waals surface area (Å²) in [6, 6.07) is 30.9. The average Bonchev–Trinajstić information content (AvgIpc) is 2.96. The van der Waals surface area contributed by atoms with Crippen LogP contribution in [0.3, 0.4) is 0 Å². The highest BCUT2D eigenvalue weighted by Gasteiger charge is 2.14. The van der Waals surface area contributed by atoms with Gasteiger partial charge in [-0.05, 0) is 71.9 Å². The van der Waals surface area contributed by atoms with Gasteiger partial charge in [0.2, 0.25) is 0 Å². The van der Waals surface area contributed by atoms with Gasteiger partial charge in [0.15, 0.2) is 5.11 Å². The molecule has 1 heterocycles. The number of carbonyl (C=O) groups excluding carboxylic acids is 1. The number of hydrogen-bond donors (Lipinski definition) is 2. The maximum atomic E-state index is 12.8. The molecule has 5 rings (SSSR count). The topological polar surface area (TPSA) is 89.8 Å². The summed E-state index contributed by atoms with van der Waals surface area (Å²) in [6.07, 6.45) is 0. The average molecular weight is 537 g/mol. The van der Waals surface area contributed by atoms with Gasteiger partial charge in [0, 0.05) is 10.9 Å². The first-order valence-electron chi connectivity index (χ1n) is 12.1. The fraction of sp³-hybridized carbons (Fsp3) is 0.0645. The van der Waals surface area contributed by atoms with Crippen molar-refractivity contribution in [3.05, 3.63) is 125 Å². The highest BCUT2D eigenvalue weighted by atomic mass is 32.1. The Balaban J connectivity index is 1.27. The number of anilines is 1. The molecule has 0 aliphatic carbocycles. The summed E-state index contributed by atoms with van der Waals surface area (Å²) in [6.45, 7) is 0.433. The second-order valence-corrected chi connectivity index (χ2v) is 9.02. The molecular formula is C31H24N2O5S. The van der Waals surface area contributed by atoms with Crippen molar-refractivity contribution >= 4 is 39.9 Å². The van der Waals surface area contributed by atoms with Gasteiger partial charge in [-0.25, -0.2) is 4.79 Å². The highest BCUT2D eigenvalue weighted by molar-refractivity contribution is 7.80. The molecule has 0 aliphatic rings. The molecule has 194 valence electrons. The summed E-state index contributed by atoms with van der Waals surface area (Å²) >= 11 is 5.39. The van der Waals surface area contributed by atoms with Crippen LogP contribution in [0.15, 0.2) is 112 Å². The molecule has 0 bridgehead atoms. The first kappa shape index (κ1) is 25.7.